The zero-order valence-corrected chi connectivity index (χ0v) is 25.8. The van der Waals surface area contributed by atoms with Gasteiger partial charge in [0.1, 0.15) is 18.4 Å². The van der Waals surface area contributed by atoms with E-state index in [4.69, 9.17) is 23.2 Å². The average Bonchev–Trinajstić information content (AvgIpc) is 2.99. The van der Waals surface area contributed by atoms with Crippen molar-refractivity contribution in [3.63, 3.8) is 0 Å². The molecule has 4 aromatic rings. The number of benzene rings is 4. The molecule has 1 N–H and O–H groups in total. The molecule has 0 fully saturated rings. The highest BCUT2D eigenvalue weighted by Crippen LogP contribution is 2.27. The second kappa shape index (κ2) is 14.0. The number of amides is 2. The maximum absolute atomic E-state index is 14.3. The monoisotopic (exact) mass is 641 g/mol. The van der Waals surface area contributed by atoms with E-state index < -0.39 is 40.2 Å². The summed E-state index contributed by atoms with van der Waals surface area (Å²) in [6.45, 7) is 1.11. The Labute approximate surface area is 260 Å². The van der Waals surface area contributed by atoms with Gasteiger partial charge in [0, 0.05) is 30.1 Å². The number of hydrogen-bond acceptors (Lipinski definition) is 4. The molecule has 11 heteroatoms. The van der Waals surface area contributed by atoms with Crippen LogP contribution in [0.1, 0.15) is 16.7 Å². The van der Waals surface area contributed by atoms with Gasteiger partial charge < -0.3 is 10.2 Å². The summed E-state index contributed by atoms with van der Waals surface area (Å²) in [6, 6.07) is 24.0. The number of rotatable bonds is 11. The van der Waals surface area contributed by atoms with Crippen molar-refractivity contribution < 1.29 is 22.4 Å². The van der Waals surface area contributed by atoms with Gasteiger partial charge in [-0.25, -0.2) is 12.8 Å². The summed E-state index contributed by atoms with van der Waals surface area (Å²) in [6.07, 6.45) is 0.159. The van der Waals surface area contributed by atoms with Crippen LogP contribution in [0.25, 0.3) is 0 Å². The minimum atomic E-state index is -4.33. The van der Waals surface area contributed by atoms with Crippen LogP contribution in [0.4, 0.5) is 10.1 Å². The van der Waals surface area contributed by atoms with Gasteiger partial charge >= 0.3 is 0 Å². The number of nitrogens with zero attached hydrogens (tertiary/aromatic N) is 2. The lowest BCUT2D eigenvalue weighted by Gasteiger charge is -2.33. The third-order valence-corrected chi connectivity index (χ3v) is 9.25. The molecule has 0 bridgehead atoms. The van der Waals surface area contributed by atoms with E-state index in [0.29, 0.717) is 10.6 Å². The Hall–Kier alpha value is -3.92. The largest absolute Gasteiger partial charge is 0.357 e. The first-order valence-corrected chi connectivity index (χ1v) is 15.5. The number of carbonyl (C=O) groups excluding carboxylic acids is 2. The molecule has 4 rings (SSSR count). The molecule has 224 valence electrons. The molecule has 0 radical (unpaired) electrons. The third kappa shape index (κ3) is 7.93. The van der Waals surface area contributed by atoms with Crippen molar-refractivity contribution in [2.24, 2.45) is 0 Å². The van der Waals surface area contributed by atoms with E-state index in [-0.39, 0.29) is 28.6 Å². The highest BCUT2D eigenvalue weighted by Gasteiger charge is 2.34. The van der Waals surface area contributed by atoms with E-state index in [1.807, 2.05) is 37.3 Å². The molecule has 43 heavy (non-hydrogen) atoms. The fourth-order valence-corrected chi connectivity index (χ4v) is 6.41. The topological polar surface area (TPSA) is 86.8 Å². The fraction of sp³-hybridized carbons (Fsp3) is 0.188. The molecular formula is C32H30Cl2FN3O4S. The van der Waals surface area contributed by atoms with Gasteiger partial charge in [-0.1, -0.05) is 77.3 Å². The van der Waals surface area contributed by atoms with Crippen LogP contribution in [-0.4, -0.2) is 44.8 Å². The fourth-order valence-electron chi connectivity index (χ4n) is 4.53. The Morgan fingerprint density at radius 3 is 2.16 bits per heavy atom. The average molecular weight is 643 g/mol. The Morgan fingerprint density at radius 1 is 0.907 bits per heavy atom. The number of hydrogen-bond donors (Lipinski definition) is 1. The standard InChI is InChI=1S/C32H30Cl2FN3O4S/c1-22-8-14-27(15-9-22)38(43(41,42)28-16-12-26(35)13-17-28)21-31(39)37(20-24-10-11-25(33)19-29(24)34)30(32(40)36-2)18-23-6-4-3-5-7-23/h3-17,19,30H,18,20-21H2,1-2H3,(H,36,40). The van der Waals surface area contributed by atoms with Crippen LogP contribution in [0.15, 0.2) is 102 Å². The molecule has 4 aromatic carbocycles. The smallest absolute Gasteiger partial charge is 0.264 e. The number of nitrogens with one attached hydrogen (secondary N) is 1. The zero-order chi connectivity index (χ0) is 31.1. The molecule has 0 spiro atoms. The van der Waals surface area contributed by atoms with Gasteiger partial charge in [0.05, 0.1) is 10.6 Å². The maximum atomic E-state index is 14.3. The normalized spacial score (nSPS) is 11.9. The summed E-state index contributed by atoms with van der Waals surface area (Å²) in [5, 5.41) is 3.31. The van der Waals surface area contributed by atoms with Gasteiger partial charge in [-0.15, -0.1) is 0 Å². The van der Waals surface area contributed by atoms with Crippen molar-refractivity contribution in [2.45, 2.75) is 30.8 Å². The molecule has 1 unspecified atom stereocenters. The van der Waals surface area contributed by atoms with E-state index in [0.717, 1.165) is 39.7 Å². The first-order chi connectivity index (χ1) is 20.5. The van der Waals surface area contributed by atoms with Crippen molar-refractivity contribution >= 4 is 50.7 Å². The molecule has 0 saturated heterocycles. The Morgan fingerprint density at radius 2 is 1.56 bits per heavy atom. The highest BCUT2D eigenvalue weighted by molar-refractivity contribution is 7.92. The lowest BCUT2D eigenvalue weighted by atomic mass is 10.0. The van der Waals surface area contributed by atoms with Crippen molar-refractivity contribution in [2.75, 3.05) is 17.9 Å². The van der Waals surface area contributed by atoms with E-state index in [2.05, 4.69) is 5.32 Å². The number of likely N-dealkylation sites (N-methyl/N-ethyl adjacent to an activating group) is 1. The first-order valence-electron chi connectivity index (χ1n) is 13.3. The number of anilines is 1. The molecule has 0 aliphatic rings. The maximum Gasteiger partial charge on any atom is 0.264 e. The minimum absolute atomic E-state index is 0.0991. The second-order valence-electron chi connectivity index (χ2n) is 9.88. The van der Waals surface area contributed by atoms with Crippen molar-refractivity contribution in [3.05, 3.63) is 130 Å². The number of carbonyl (C=O) groups is 2. The van der Waals surface area contributed by atoms with Crippen LogP contribution in [0.3, 0.4) is 0 Å². The zero-order valence-electron chi connectivity index (χ0n) is 23.5. The van der Waals surface area contributed by atoms with E-state index >= 15 is 0 Å². The van der Waals surface area contributed by atoms with Crippen LogP contribution in [-0.2, 0) is 32.6 Å². The molecule has 0 aliphatic heterocycles. The van der Waals surface area contributed by atoms with Crippen molar-refractivity contribution in [3.8, 4) is 0 Å². The van der Waals surface area contributed by atoms with Crippen LogP contribution in [0, 0.1) is 12.7 Å². The molecule has 0 saturated carbocycles. The molecule has 0 aromatic heterocycles. The lowest BCUT2D eigenvalue weighted by molar-refractivity contribution is -0.139. The molecular weight excluding hydrogens is 612 g/mol. The number of sulfonamides is 1. The summed E-state index contributed by atoms with van der Waals surface area (Å²) >= 11 is 12.6. The molecule has 1 atom stereocenters. The van der Waals surface area contributed by atoms with Crippen LogP contribution >= 0.6 is 23.2 Å². The van der Waals surface area contributed by atoms with E-state index in [1.165, 1.54) is 18.0 Å². The van der Waals surface area contributed by atoms with E-state index in [1.54, 1.807) is 36.4 Å². The summed E-state index contributed by atoms with van der Waals surface area (Å²) in [5.74, 6) is -1.69. The van der Waals surface area contributed by atoms with Gasteiger partial charge in [-0.3, -0.25) is 13.9 Å². The summed E-state index contributed by atoms with van der Waals surface area (Å²) in [5.41, 5.74) is 2.43. The van der Waals surface area contributed by atoms with Gasteiger partial charge in [0.2, 0.25) is 11.8 Å². The van der Waals surface area contributed by atoms with Crippen molar-refractivity contribution in [1.29, 1.82) is 0 Å². The lowest BCUT2D eigenvalue weighted by Crippen LogP contribution is -2.53. The molecule has 0 heterocycles. The number of aryl methyl sites for hydroxylation is 1. The predicted molar refractivity (Wildman–Crippen MR) is 167 cm³/mol. The Kier molecular flexibility index (Phi) is 10.4. The third-order valence-electron chi connectivity index (χ3n) is 6.88. The van der Waals surface area contributed by atoms with Crippen LogP contribution in [0.2, 0.25) is 10.0 Å². The van der Waals surface area contributed by atoms with Gasteiger partial charge in [-0.2, -0.15) is 0 Å². The summed E-state index contributed by atoms with van der Waals surface area (Å²) < 4.78 is 42.4. The molecule has 2 amide bonds. The molecule has 0 aliphatic carbocycles. The summed E-state index contributed by atoms with van der Waals surface area (Å²) in [7, 11) is -2.87. The van der Waals surface area contributed by atoms with Crippen LogP contribution < -0.4 is 9.62 Å². The second-order valence-corrected chi connectivity index (χ2v) is 12.6. The van der Waals surface area contributed by atoms with Crippen LogP contribution in [0.5, 0.6) is 0 Å². The predicted octanol–water partition coefficient (Wildman–Crippen LogP) is 6.02. The van der Waals surface area contributed by atoms with E-state index in [9.17, 15) is 22.4 Å². The minimum Gasteiger partial charge on any atom is -0.357 e. The van der Waals surface area contributed by atoms with Crippen molar-refractivity contribution in [1.82, 2.24) is 10.2 Å². The van der Waals surface area contributed by atoms with Gasteiger partial charge in [-0.05, 0) is 66.6 Å². The quantitative estimate of drug-likeness (QED) is 0.217. The first kappa shape index (κ1) is 32.0. The Bertz CT molecular complexity index is 1690. The van der Waals surface area contributed by atoms with Gasteiger partial charge in [0.15, 0.2) is 0 Å². The molecule has 7 nitrogen and oxygen atoms in total. The summed E-state index contributed by atoms with van der Waals surface area (Å²) in [4.78, 5) is 28.7. The van der Waals surface area contributed by atoms with Gasteiger partial charge in [0.25, 0.3) is 10.0 Å². The highest BCUT2D eigenvalue weighted by atomic mass is 35.5. The SMILES string of the molecule is CNC(=O)C(Cc1ccccc1)N(Cc1ccc(Cl)cc1Cl)C(=O)CN(c1ccc(C)cc1)S(=O)(=O)c1ccc(F)cc1. The Balaban J connectivity index is 1.80. The number of halogens is 3.